The highest BCUT2D eigenvalue weighted by Crippen LogP contribution is 2.14. The van der Waals surface area contributed by atoms with E-state index in [0.717, 1.165) is 28.0 Å². The van der Waals surface area contributed by atoms with E-state index in [2.05, 4.69) is 28.2 Å². The molecule has 3 rings (SSSR count). The smallest absolute Gasteiger partial charge is 0.0894 e. The quantitative estimate of drug-likeness (QED) is 0.680. The van der Waals surface area contributed by atoms with Crippen LogP contribution in [0, 0.1) is 6.92 Å². The lowest BCUT2D eigenvalue weighted by molar-refractivity contribution is 1.16. The minimum atomic E-state index is 0.919. The van der Waals surface area contributed by atoms with Crippen LogP contribution in [-0.2, 0) is 0 Å². The van der Waals surface area contributed by atoms with Crippen molar-refractivity contribution in [3.05, 3.63) is 71.5 Å². The van der Waals surface area contributed by atoms with Gasteiger partial charge >= 0.3 is 0 Å². The van der Waals surface area contributed by atoms with Crippen LogP contribution in [0.3, 0.4) is 0 Å². The number of hydrogen-bond acceptors (Lipinski definition) is 2. The molecule has 0 radical (unpaired) electrons. The summed E-state index contributed by atoms with van der Waals surface area (Å²) < 4.78 is 0. The van der Waals surface area contributed by atoms with Gasteiger partial charge in [0.2, 0.25) is 0 Å². The summed E-state index contributed by atoms with van der Waals surface area (Å²) in [5.41, 5.74) is 4.91. The molecule has 0 amide bonds. The van der Waals surface area contributed by atoms with E-state index in [4.69, 9.17) is 0 Å². The van der Waals surface area contributed by atoms with Crippen LogP contribution in [0.2, 0.25) is 0 Å². The fourth-order valence-electron chi connectivity index (χ4n) is 2.00. The van der Waals surface area contributed by atoms with Crippen LogP contribution in [0.15, 0.2) is 54.6 Å². The Morgan fingerprint density at radius 2 is 1.37 bits per heavy atom. The molecular weight excluding hydrogens is 232 g/mol. The molecule has 0 spiro atoms. The SMILES string of the molecule is Cc1nc2ccccc2nc1C=Cc1ccccc1. The molecule has 0 aliphatic carbocycles. The van der Waals surface area contributed by atoms with Crippen molar-refractivity contribution in [2.24, 2.45) is 0 Å². The van der Waals surface area contributed by atoms with E-state index in [-0.39, 0.29) is 0 Å². The Morgan fingerprint density at radius 1 is 0.737 bits per heavy atom. The predicted octanol–water partition coefficient (Wildman–Crippen LogP) is 4.11. The molecule has 3 aromatic rings. The lowest BCUT2D eigenvalue weighted by Crippen LogP contribution is -1.93. The Balaban J connectivity index is 2.01. The minimum Gasteiger partial charge on any atom is -0.249 e. The third kappa shape index (κ3) is 2.52. The van der Waals surface area contributed by atoms with E-state index in [9.17, 15) is 0 Å². The largest absolute Gasteiger partial charge is 0.249 e. The molecule has 0 saturated heterocycles. The van der Waals surface area contributed by atoms with Gasteiger partial charge in [0.1, 0.15) is 0 Å². The summed E-state index contributed by atoms with van der Waals surface area (Å²) in [4.78, 5) is 9.21. The van der Waals surface area contributed by atoms with Gasteiger partial charge in [-0.1, -0.05) is 48.5 Å². The molecule has 0 fully saturated rings. The molecule has 2 heteroatoms. The third-order valence-electron chi connectivity index (χ3n) is 3.01. The van der Waals surface area contributed by atoms with Gasteiger partial charge in [-0.25, -0.2) is 9.97 Å². The second-order valence-corrected chi connectivity index (χ2v) is 4.43. The summed E-state index contributed by atoms with van der Waals surface area (Å²) in [6.07, 6.45) is 4.08. The fourth-order valence-corrected chi connectivity index (χ4v) is 2.00. The molecular formula is C17H14N2. The number of nitrogens with zero attached hydrogens (tertiary/aromatic N) is 2. The van der Waals surface area contributed by atoms with Crippen LogP contribution in [-0.4, -0.2) is 9.97 Å². The summed E-state index contributed by atoms with van der Waals surface area (Å²) in [5.74, 6) is 0. The van der Waals surface area contributed by atoms with Gasteiger partial charge in [-0.05, 0) is 30.7 Å². The highest BCUT2D eigenvalue weighted by atomic mass is 14.8. The summed E-state index contributed by atoms with van der Waals surface area (Å²) in [5, 5.41) is 0. The normalized spacial score (nSPS) is 11.2. The molecule has 0 aliphatic heterocycles. The number of para-hydroxylation sites is 2. The van der Waals surface area contributed by atoms with Crippen molar-refractivity contribution in [3.8, 4) is 0 Å². The molecule has 0 atom stereocenters. The summed E-state index contributed by atoms with van der Waals surface area (Å²) >= 11 is 0. The van der Waals surface area contributed by atoms with Crippen LogP contribution in [0.1, 0.15) is 17.0 Å². The van der Waals surface area contributed by atoms with Gasteiger partial charge in [-0.2, -0.15) is 0 Å². The lowest BCUT2D eigenvalue weighted by atomic mass is 10.2. The molecule has 0 saturated carbocycles. The highest BCUT2D eigenvalue weighted by molar-refractivity contribution is 5.77. The highest BCUT2D eigenvalue weighted by Gasteiger charge is 2.01. The van der Waals surface area contributed by atoms with E-state index in [1.165, 1.54) is 0 Å². The van der Waals surface area contributed by atoms with Crippen molar-refractivity contribution in [2.45, 2.75) is 6.92 Å². The first kappa shape index (κ1) is 11.6. The number of benzene rings is 2. The fraction of sp³-hybridized carbons (Fsp3) is 0.0588. The number of aryl methyl sites for hydroxylation is 1. The number of hydrogen-bond donors (Lipinski definition) is 0. The molecule has 1 heterocycles. The number of aromatic nitrogens is 2. The number of fused-ring (bicyclic) bond motifs is 1. The second kappa shape index (κ2) is 5.02. The zero-order valence-electron chi connectivity index (χ0n) is 10.7. The molecule has 2 nitrogen and oxygen atoms in total. The van der Waals surface area contributed by atoms with E-state index in [0.29, 0.717) is 0 Å². The van der Waals surface area contributed by atoms with Gasteiger partial charge in [-0.15, -0.1) is 0 Å². The average Bonchev–Trinajstić information content (AvgIpc) is 2.46. The van der Waals surface area contributed by atoms with Gasteiger partial charge in [0.15, 0.2) is 0 Å². The van der Waals surface area contributed by atoms with E-state index < -0.39 is 0 Å². The van der Waals surface area contributed by atoms with Gasteiger partial charge in [0.25, 0.3) is 0 Å². The van der Waals surface area contributed by atoms with Crippen LogP contribution in [0.5, 0.6) is 0 Å². The lowest BCUT2D eigenvalue weighted by Gasteiger charge is -2.02. The van der Waals surface area contributed by atoms with Crippen molar-refractivity contribution in [1.82, 2.24) is 9.97 Å². The molecule has 0 unspecified atom stereocenters. The molecule has 0 aliphatic rings. The van der Waals surface area contributed by atoms with Gasteiger partial charge in [0, 0.05) is 0 Å². The van der Waals surface area contributed by atoms with Crippen LogP contribution < -0.4 is 0 Å². The maximum Gasteiger partial charge on any atom is 0.0894 e. The van der Waals surface area contributed by atoms with Crippen molar-refractivity contribution in [2.75, 3.05) is 0 Å². The Labute approximate surface area is 112 Å². The maximum absolute atomic E-state index is 4.64. The third-order valence-corrected chi connectivity index (χ3v) is 3.01. The van der Waals surface area contributed by atoms with Crippen molar-refractivity contribution in [1.29, 1.82) is 0 Å². The van der Waals surface area contributed by atoms with Gasteiger partial charge in [-0.3, -0.25) is 0 Å². The first-order valence-electron chi connectivity index (χ1n) is 6.29. The van der Waals surface area contributed by atoms with Crippen LogP contribution >= 0.6 is 0 Å². The standard InChI is InChI=1S/C17H14N2/c1-13-15(12-11-14-7-3-2-4-8-14)19-17-10-6-5-9-16(17)18-13/h2-12H,1H3. The van der Waals surface area contributed by atoms with E-state index in [1.54, 1.807) is 0 Å². The Kier molecular flexibility index (Phi) is 3.07. The first-order valence-corrected chi connectivity index (χ1v) is 6.29. The van der Waals surface area contributed by atoms with Gasteiger partial charge in [0.05, 0.1) is 22.4 Å². The van der Waals surface area contributed by atoms with Crippen molar-refractivity contribution >= 4 is 23.2 Å². The molecule has 92 valence electrons. The zero-order chi connectivity index (χ0) is 13.1. The summed E-state index contributed by atoms with van der Waals surface area (Å²) in [6, 6.07) is 18.1. The molecule has 0 N–H and O–H groups in total. The predicted molar refractivity (Wildman–Crippen MR) is 79.6 cm³/mol. The Hall–Kier alpha value is -2.48. The average molecular weight is 246 g/mol. The van der Waals surface area contributed by atoms with Crippen LogP contribution in [0.25, 0.3) is 23.2 Å². The zero-order valence-corrected chi connectivity index (χ0v) is 10.7. The van der Waals surface area contributed by atoms with Gasteiger partial charge < -0.3 is 0 Å². The van der Waals surface area contributed by atoms with Crippen molar-refractivity contribution < 1.29 is 0 Å². The molecule has 0 bridgehead atoms. The van der Waals surface area contributed by atoms with E-state index >= 15 is 0 Å². The molecule has 19 heavy (non-hydrogen) atoms. The summed E-state index contributed by atoms with van der Waals surface area (Å²) in [6.45, 7) is 1.99. The molecule has 1 aromatic heterocycles. The Morgan fingerprint density at radius 3 is 2.11 bits per heavy atom. The monoisotopic (exact) mass is 246 g/mol. The molecule has 2 aromatic carbocycles. The summed E-state index contributed by atoms with van der Waals surface area (Å²) in [7, 11) is 0. The topological polar surface area (TPSA) is 25.8 Å². The van der Waals surface area contributed by atoms with Crippen molar-refractivity contribution in [3.63, 3.8) is 0 Å². The second-order valence-electron chi connectivity index (χ2n) is 4.43. The van der Waals surface area contributed by atoms with Crippen LogP contribution in [0.4, 0.5) is 0 Å². The number of rotatable bonds is 2. The first-order chi connectivity index (χ1) is 9.33. The minimum absolute atomic E-state index is 0.919. The van der Waals surface area contributed by atoms with E-state index in [1.807, 2.05) is 55.5 Å². The Bertz CT molecular complexity index is 731. The maximum atomic E-state index is 4.64.